The number of nitrogens with two attached hydrogens (primary N) is 1. The number of likely N-dealkylation sites (tertiary alicyclic amines) is 1. The van der Waals surface area contributed by atoms with E-state index in [1.807, 2.05) is 0 Å². The maximum Gasteiger partial charge on any atom is 0.0478 e. The van der Waals surface area contributed by atoms with E-state index >= 15 is 0 Å². The molecule has 2 nitrogen and oxygen atoms in total. The van der Waals surface area contributed by atoms with Crippen molar-refractivity contribution in [3.05, 3.63) is 34.4 Å². The summed E-state index contributed by atoms with van der Waals surface area (Å²) < 4.78 is 0. The van der Waals surface area contributed by atoms with E-state index in [-0.39, 0.29) is 0 Å². The van der Waals surface area contributed by atoms with E-state index in [2.05, 4.69) is 37.8 Å². The van der Waals surface area contributed by atoms with E-state index in [0.717, 1.165) is 18.5 Å². The Morgan fingerprint density at radius 2 is 1.76 bits per heavy atom. The van der Waals surface area contributed by atoms with Gasteiger partial charge in [0.15, 0.2) is 0 Å². The second-order valence-corrected chi connectivity index (χ2v) is 7.20. The lowest BCUT2D eigenvalue weighted by Gasteiger charge is -2.43. The zero-order valence-corrected chi connectivity index (χ0v) is 13.9. The summed E-state index contributed by atoms with van der Waals surface area (Å²) in [6, 6.07) is 5.84. The molecule has 1 saturated carbocycles. The van der Waals surface area contributed by atoms with E-state index in [1.54, 1.807) is 0 Å². The Kier molecular flexibility index (Phi) is 4.37. The maximum absolute atomic E-state index is 6.25. The summed E-state index contributed by atoms with van der Waals surface area (Å²) in [6.45, 7) is 8.68. The molecule has 1 heterocycles. The van der Waals surface area contributed by atoms with Gasteiger partial charge in [-0.1, -0.05) is 24.1 Å². The minimum Gasteiger partial charge on any atom is -0.329 e. The third-order valence-electron chi connectivity index (χ3n) is 5.73. The van der Waals surface area contributed by atoms with Gasteiger partial charge in [-0.25, -0.2) is 0 Å². The first-order valence-corrected chi connectivity index (χ1v) is 8.65. The first-order chi connectivity index (χ1) is 10.1. The molecule has 1 aliphatic heterocycles. The Hall–Kier alpha value is -0.860. The third-order valence-corrected chi connectivity index (χ3v) is 5.73. The fourth-order valence-electron chi connectivity index (χ4n) is 5.02. The first-order valence-electron chi connectivity index (χ1n) is 8.65. The monoisotopic (exact) mass is 286 g/mol. The molecule has 2 N–H and O–H groups in total. The van der Waals surface area contributed by atoms with Crippen LogP contribution >= 0.6 is 0 Å². The molecule has 2 heteroatoms. The highest BCUT2D eigenvalue weighted by Gasteiger charge is 2.38. The van der Waals surface area contributed by atoms with Crippen molar-refractivity contribution in [2.24, 2.45) is 11.7 Å². The Morgan fingerprint density at radius 3 is 2.43 bits per heavy atom. The van der Waals surface area contributed by atoms with Gasteiger partial charge in [0.25, 0.3) is 0 Å². The summed E-state index contributed by atoms with van der Waals surface area (Å²) in [5.41, 5.74) is 12.0. The fraction of sp³-hybridized carbons (Fsp3) is 0.684. The van der Waals surface area contributed by atoms with Crippen molar-refractivity contribution in [2.45, 2.75) is 65.0 Å². The zero-order chi connectivity index (χ0) is 15.0. The van der Waals surface area contributed by atoms with Gasteiger partial charge in [0.2, 0.25) is 0 Å². The van der Waals surface area contributed by atoms with Gasteiger partial charge in [0.05, 0.1) is 0 Å². The number of nitrogens with zero attached hydrogens (tertiary/aromatic N) is 1. The van der Waals surface area contributed by atoms with Crippen LogP contribution in [0.4, 0.5) is 0 Å². The highest BCUT2D eigenvalue weighted by Crippen LogP contribution is 2.41. The fourth-order valence-corrected chi connectivity index (χ4v) is 5.02. The number of piperidine rings is 1. The molecule has 1 aromatic rings. The normalized spacial score (nSPS) is 27.6. The van der Waals surface area contributed by atoms with Gasteiger partial charge >= 0.3 is 0 Å². The van der Waals surface area contributed by atoms with Gasteiger partial charge < -0.3 is 5.73 Å². The number of aryl methyl sites for hydroxylation is 3. The lowest BCUT2D eigenvalue weighted by Crippen LogP contribution is -2.47. The predicted molar refractivity (Wildman–Crippen MR) is 89.5 cm³/mol. The number of rotatable bonds is 3. The first kappa shape index (κ1) is 15.1. The number of fused-ring (bicyclic) bond motifs is 1. The maximum atomic E-state index is 6.25. The summed E-state index contributed by atoms with van der Waals surface area (Å²) in [6.07, 6.45) is 7.01. The molecule has 3 rings (SSSR count). The largest absolute Gasteiger partial charge is 0.329 e. The molecule has 21 heavy (non-hydrogen) atoms. The molecule has 1 saturated heterocycles. The smallest absolute Gasteiger partial charge is 0.0478 e. The van der Waals surface area contributed by atoms with Crippen LogP contribution in [0.2, 0.25) is 0 Å². The van der Waals surface area contributed by atoms with E-state index in [0.29, 0.717) is 6.04 Å². The number of hydrogen-bond acceptors (Lipinski definition) is 2. The Bertz CT molecular complexity index is 485. The molecule has 2 aliphatic rings. The molecular weight excluding hydrogens is 256 g/mol. The SMILES string of the molecule is Cc1cc(C)c(C(CN)N2CCCC3CCCC32)c(C)c1. The molecule has 0 radical (unpaired) electrons. The molecule has 0 bridgehead atoms. The average molecular weight is 286 g/mol. The lowest BCUT2D eigenvalue weighted by atomic mass is 9.87. The Balaban J connectivity index is 1.94. The predicted octanol–water partition coefficient (Wildman–Crippen LogP) is 3.88. The van der Waals surface area contributed by atoms with Gasteiger partial charge in [0.1, 0.15) is 0 Å². The van der Waals surface area contributed by atoms with Crippen LogP contribution in [0.3, 0.4) is 0 Å². The van der Waals surface area contributed by atoms with E-state index in [4.69, 9.17) is 5.73 Å². The Labute approximate surface area is 129 Å². The van der Waals surface area contributed by atoms with E-state index < -0.39 is 0 Å². The van der Waals surface area contributed by atoms with Crippen LogP contribution in [-0.2, 0) is 0 Å². The molecule has 116 valence electrons. The third kappa shape index (κ3) is 2.76. The van der Waals surface area contributed by atoms with Gasteiger partial charge in [-0.2, -0.15) is 0 Å². The van der Waals surface area contributed by atoms with Crippen molar-refractivity contribution in [3.8, 4) is 0 Å². The summed E-state index contributed by atoms with van der Waals surface area (Å²) in [7, 11) is 0. The van der Waals surface area contributed by atoms with Crippen molar-refractivity contribution in [1.82, 2.24) is 4.90 Å². The van der Waals surface area contributed by atoms with Crippen LogP contribution in [0.1, 0.15) is 60.4 Å². The molecule has 1 aliphatic carbocycles. The number of benzene rings is 1. The molecule has 3 unspecified atom stereocenters. The standard InChI is InChI=1S/C19H30N2/c1-13-10-14(2)19(15(3)11-13)18(12-20)21-9-5-7-16-6-4-8-17(16)21/h10-11,16-18H,4-9,12,20H2,1-3H3. The second kappa shape index (κ2) is 6.10. The second-order valence-electron chi connectivity index (χ2n) is 7.20. The van der Waals surface area contributed by atoms with Gasteiger partial charge in [0, 0.05) is 18.6 Å². The average Bonchev–Trinajstić information content (AvgIpc) is 2.91. The number of hydrogen-bond donors (Lipinski definition) is 1. The van der Waals surface area contributed by atoms with Gasteiger partial charge in [-0.15, -0.1) is 0 Å². The van der Waals surface area contributed by atoms with Crippen molar-refractivity contribution in [3.63, 3.8) is 0 Å². The van der Waals surface area contributed by atoms with Gasteiger partial charge in [-0.3, -0.25) is 4.90 Å². The summed E-state index contributed by atoms with van der Waals surface area (Å²) in [5, 5.41) is 0. The molecule has 3 atom stereocenters. The van der Waals surface area contributed by atoms with E-state index in [9.17, 15) is 0 Å². The Morgan fingerprint density at radius 1 is 1.10 bits per heavy atom. The van der Waals surface area contributed by atoms with E-state index in [1.165, 1.54) is 60.9 Å². The van der Waals surface area contributed by atoms with Gasteiger partial charge in [-0.05, 0) is 75.6 Å². The minimum atomic E-state index is 0.413. The molecule has 0 aromatic heterocycles. The van der Waals surface area contributed by atoms with Crippen LogP contribution in [-0.4, -0.2) is 24.0 Å². The quantitative estimate of drug-likeness (QED) is 0.914. The minimum absolute atomic E-state index is 0.413. The van der Waals surface area contributed by atoms with Crippen LogP contribution in [0.5, 0.6) is 0 Å². The summed E-state index contributed by atoms with van der Waals surface area (Å²) >= 11 is 0. The van der Waals surface area contributed by atoms with Crippen molar-refractivity contribution in [1.29, 1.82) is 0 Å². The lowest BCUT2D eigenvalue weighted by molar-refractivity contribution is 0.0696. The zero-order valence-electron chi connectivity index (χ0n) is 13.9. The summed E-state index contributed by atoms with van der Waals surface area (Å²) in [5.74, 6) is 0.930. The molecular formula is C19H30N2. The molecule has 2 fully saturated rings. The van der Waals surface area contributed by atoms with Crippen LogP contribution < -0.4 is 5.73 Å². The highest BCUT2D eigenvalue weighted by atomic mass is 15.2. The summed E-state index contributed by atoms with van der Waals surface area (Å²) in [4.78, 5) is 2.76. The topological polar surface area (TPSA) is 29.3 Å². The molecule has 0 spiro atoms. The molecule has 1 aromatic carbocycles. The van der Waals surface area contributed by atoms with Crippen LogP contribution in [0, 0.1) is 26.7 Å². The van der Waals surface area contributed by atoms with Crippen LogP contribution in [0.25, 0.3) is 0 Å². The highest BCUT2D eigenvalue weighted by molar-refractivity contribution is 5.40. The van der Waals surface area contributed by atoms with Crippen LogP contribution in [0.15, 0.2) is 12.1 Å². The van der Waals surface area contributed by atoms with Crippen molar-refractivity contribution < 1.29 is 0 Å². The van der Waals surface area contributed by atoms with Crippen molar-refractivity contribution >= 4 is 0 Å². The van der Waals surface area contributed by atoms with Crippen molar-refractivity contribution in [2.75, 3.05) is 13.1 Å². The molecule has 0 amide bonds.